The number of hydrogen-bond donors (Lipinski definition) is 1. The first-order valence-corrected chi connectivity index (χ1v) is 12.1. The summed E-state index contributed by atoms with van der Waals surface area (Å²) in [5.74, 6) is -8.99. The van der Waals surface area contributed by atoms with Crippen molar-refractivity contribution in [2.24, 2.45) is 0 Å². The van der Waals surface area contributed by atoms with Crippen molar-refractivity contribution in [1.82, 2.24) is 4.90 Å². The van der Waals surface area contributed by atoms with Crippen LogP contribution in [0.15, 0.2) is 60.7 Å². The van der Waals surface area contributed by atoms with Crippen LogP contribution >= 0.6 is 12.2 Å². The number of nitrogens with zero attached hydrogens (tertiary/aromatic N) is 2. The number of esters is 1. The van der Waals surface area contributed by atoms with Gasteiger partial charge in [0.2, 0.25) is 5.91 Å². The number of halogens is 4. The molecule has 4 rings (SSSR count). The van der Waals surface area contributed by atoms with Crippen LogP contribution < -0.4 is 10.2 Å². The number of carbonyl (C=O) groups is 3. The largest absolute Gasteiger partial charge is 0.462 e. The fraction of sp³-hybridized carbons (Fsp3) is 0.185. The Labute approximate surface area is 226 Å². The highest BCUT2D eigenvalue weighted by molar-refractivity contribution is 7.80. The van der Waals surface area contributed by atoms with Crippen molar-refractivity contribution in [3.05, 3.63) is 95.1 Å². The Morgan fingerprint density at radius 2 is 1.64 bits per heavy atom. The minimum Gasteiger partial charge on any atom is -0.462 e. The van der Waals surface area contributed by atoms with Gasteiger partial charge in [0.25, 0.3) is 5.91 Å². The highest BCUT2D eigenvalue weighted by atomic mass is 32.1. The molecule has 2 amide bonds. The summed E-state index contributed by atoms with van der Waals surface area (Å²) >= 11 is 5.45. The zero-order chi connectivity index (χ0) is 28.3. The molecule has 0 saturated carbocycles. The molecule has 3 aromatic rings. The molecule has 202 valence electrons. The van der Waals surface area contributed by atoms with Gasteiger partial charge in [-0.3, -0.25) is 14.5 Å². The lowest BCUT2D eigenvalue weighted by molar-refractivity contribution is -0.124. The van der Waals surface area contributed by atoms with Gasteiger partial charge in [-0.2, -0.15) is 0 Å². The highest BCUT2D eigenvalue weighted by Crippen LogP contribution is 2.30. The molecule has 0 radical (unpaired) electrons. The normalized spacial score (nSPS) is 15.1. The number of thiocarbonyl (C=S) groups is 1. The average molecular weight is 560 g/mol. The summed E-state index contributed by atoms with van der Waals surface area (Å²) < 4.78 is 60.7. The fourth-order valence-electron chi connectivity index (χ4n) is 4.04. The second kappa shape index (κ2) is 11.6. The van der Waals surface area contributed by atoms with Gasteiger partial charge in [-0.25, -0.2) is 22.4 Å². The number of benzene rings is 3. The predicted octanol–water partition coefficient (Wildman–Crippen LogP) is 4.95. The van der Waals surface area contributed by atoms with Crippen molar-refractivity contribution in [1.29, 1.82) is 0 Å². The molecule has 1 atom stereocenters. The third-order valence-corrected chi connectivity index (χ3v) is 6.33. The Morgan fingerprint density at radius 1 is 0.974 bits per heavy atom. The molecule has 39 heavy (non-hydrogen) atoms. The van der Waals surface area contributed by atoms with Gasteiger partial charge in [0.1, 0.15) is 6.04 Å². The first-order valence-electron chi connectivity index (χ1n) is 11.7. The quantitative estimate of drug-likeness (QED) is 0.138. The zero-order valence-electron chi connectivity index (χ0n) is 20.4. The fourth-order valence-corrected chi connectivity index (χ4v) is 4.43. The monoisotopic (exact) mass is 559 g/mol. The van der Waals surface area contributed by atoms with Crippen LogP contribution in [0.2, 0.25) is 0 Å². The van der Waals surface area contributed by atoms with Gasteiger partial charge >= 0.3 is 5.97 Å². The molecule has 0 spiro atoms. The molecule has 3 aromatic carbocycles. The zero-order valence-corrected chi connectivity index (χ0v) is 21.2. The number of carbonyl (C=O) groups excluding carboxylic acids is 3. The van der Waals surface area contributed by atoms with E-state index in [1.165, 1.54) is 24.3 Å². The third kappa shape index (κ3) is 5.75. The summed E-state index contributed by atoms with van der Waals surface area (Å²) in [6.07, 6.45) is -0.463. The van der Waals surface area contributed by atoms with E-state index < -0.39 is 65.6 Å². The highest BCUT2D eigenvalue weighted by Gasteiger charge is 2.44. The number of para-hydroxylation sites is 1. The number of hydrogen-bond acceptors (Lipinski definition) is 5. The summed E-state index contributed by atoms with van der Waals surface area (Å²) in [4.78, 5) is 40.5. The summed E-state index contributed by atoms with van der Waals surface area (Å²) in [5.41, 5.74) is 0.376. The first kappa shape index (κ1) is 27.7. The smallest absolute Gasteiger partial charge is 0.338 e. The number of nitrogens with one attached hydrogen (secondary N) is 1. The van der Waals surface area contributed by atoms with Gasteiger partial charge < -0.3 is 15.0 Å². The lowest BCUT2D eigenvalue weighted by Crippen LogP contribution is -2.37. The summed E-state index contributed by atoms with van der Waals surface area (Å²) in [6, 6.07) is 13.3. The molecule has 0 bridgehead atoms. The van der Waals surface area contributed by atoms with Gasteiger partial charge in [0.15, 0.2) is 28.4 Å². The molecule has 0 aromatic heterocycles. The Morgan fingerprint density at radius 3 is 2.28 bits per heavy atom. The van der Waals surface area contributed by atoms with Crippen molar-refractivity contribution < 1.29 is 36.7 Å². The molecule has 1 aliphatic heterocycles. The van der Waals surface area contributed by atoms with Crippen molar-refractivity contribution >= 4 is 46.5 Å². The van der Waals surface area contributed by atoms with Gasteiger partial charge in [0, 0.05) is 17.8 Å². The van der Waals surface area contributed by atoms with Gasteiger partial charge in [-0.1, -0.05) is 18.2 Å². The van der Waals surface area contributed by atoms with Gasteiger partial charge in [0.05, 0.1) is 24.3 Å². The van der Waals surface area contributed by atoms with Crippen molar-refractivity contribution in [2.75, 3.05) is 16.8 Å². The van der Waals surface area contributed by atoms with E-state index in [2.05, 4.69) is 5.32 Å². The summed E-state index contributed by atoms with van der Waals surface area (Å²) in [5, 5.41) is 2.47. The molecular weight excluding hydrogens is 538 g/mol. The number of ether oxygens (including phenoxy) is 1. The molecule has 1 aliphatic rings. The molecule has 0 aliphatic carbocycles. The van der Waals surface area contributed by atoms with Crippen LogP contribution in [0.3, 0.4) is 0 Å². The molecule has 1 saturated heterocycles. The first-order chi connectivity index (χ1) is 18.6. The lowest BCUT2D eigenvalue weighted by atomic mass is 10.1. The Balaban J connectivity index is 1.59. The van der Waals surface area contributed by atoms with Crippen molar-refractivity contribution in [2.45, 2.75) is 25.9 Å². The van der Waals surface area contributed by atoms with E-state index in [4.69, 9.17) is 17.0 Å². The second-order valence-corrected chi connectivity index (χ2v) is 8.81. The molecule has 7 nitrogen and oxygen atoms in total. The van der Waals surface area contributed by atoms with E-state index in [1.807, 2.05) is 0 Å². The third-order valence-electron chi connectivity index (χ3n) is 5.91. The summed E-state index contributed by atoms with van der Waals surface area (Å²) in [7, 11) is 0. The van der Waals surface area contributed by atoms with Crippen LogP contribution in [-0.2, 0) is 20.9 Å². The Kier molecular flexibility index (Phi) is 8.24. The minimum atomic E-state index is -2.00. The van der Waals surface area contributed by atoms with Crippen LogP contribution in [0.1, 0.15) is 29.3 Å². The van der Waals surface area contributed by atoms with E-state index >= 15 is 0 Å². The molecule has 1 fully saturated rings. The van der Waals surface area contributed by atoms with Crippen molar-refractivity contribution in [3.63, 3.8) is 0 Å². The van der Waals surface area contributed by atoms with E-state index in [9.17, 15) is 31.9 Å². The molecule has 1 heterocycles. The maximum atomic E-state index is 14.5. The van der Waals surface area contributed by atoms with Gasteiger partial charge in [-0.05, 0) is 61.6 Å². The van der Waals surface area contributed by atoms with E-state index in [0.29, 0.717) is 17.4 Å². The maximum Gasteiger partial charge on any atom is 0.338 e. The topological polar surface area (TPSA) is 78.9 Å². The maximum absolute atomic E-state index is 14.5. The molecule has 1 N–H and O–H groups in total. The summed E-state index contributed by atoms with van der Waals surface area (Å²) in [6.45, 7) is 1.26. The van der Waals surface area contributed by atoms with Crippen LogP contribution in [0.25, 0.3) is 0 Å². The molecule has 0 unspecified atom stereocenters. The van der Waals surface area contributed by atoms with E-state index in [0.717, 1.165) is 9.80 Å². The van der Waals surface area contributed by atoms with E-state index in [1.54, 1.807) is 37.3 Å². The molecule has 12 heteroatoms. The average Bonchev–Trinajstić information content (AvgIpc) is 3.15. The lowest BCUT2D eigenvalue weighted by Gasteiger charge is -2.24. The van der Waals surface area contributed by atoms with Crippen molar-refractivity contribution in [3.8, 4) is 0 Å². The van der Waals surface area contributed by atoms with Gasteiger partial charge in [-0.15, -0.1) is 0 Å². The molecular formula is C27H21F4N3O4S. The Bertz CT molecular complexity index is 1440. The van der Waals surface area contributed by atoms with Crippen LogP contribution in [0, 0.1) is 23.3 Å². The second-order valence-electron chi connectivity index (χ2n) is 8.45. The SMILES string of the molecule is CCOC(=O)c1ccc(NC(=O)C[C@H]2C(=O)N(c3ccccc3)C(=S)N2Cc2cc(F)c(F)c(F)c2F)cc1. The number of anilines is 2. The van der Waals surface area contributed by atoms with Crippen LogP contribution in [-0.4, -0.2) is 40.4 Å². The minimum absolute atomic E-state index is 0.132. The standard InChI is InChI=1S/C27H21F4N3O4S/c1-2-38-26(37)15-8-10-17(11-9-15)32-21(35)13-20-25(36)34(18-6-4-3-5-7-18)27(39)33(20)14-16-12-19(28)23(30)24(31)22(16)29/h3-12,20H,2,13-14H2,1H3,(H,32,35)/t20-/m0/s1. The van der Waals surface area contributed by atoms with Crippen LogP contribution in [0.4, 0.5) is 28.9 Å². The predicted molar refractivity (Wildman–Crippen MR) is 138 cm³/mol. The van der Waals surface area contributed by atoms with E-state index in [-0.39, 0.29) is 17.3 Å². The Hall–Kier alpha value is -4.32. The number of amides is 2. The number of rotatable bonds is 8. The van der Waals surface area contributed by atoms with Crippen LogP contribution in [0.5, 0.6) is 0 Å².